The van der Waals surface area contributed by atoms with Gasteiger partial charge in [-0.15, -0.1) is 0 Å². The Bertz CT molecular complexity index is 793. The van der Waals surface area contributed by atoms with Crippen LogP contribution in [-0.2, 0) is 10.0 Å². The second-order valence-electron chi connectivity index (χ2n) is 6.32. The summed E-state index contributed by atoms with van der Waals surface area (Å²) in [6, 6.07) is 11.3. The van der Waals surface area contributed by atoms with Crippen LogP contribution in [0, 0.1) is 12.7 Å². The van der Waals surface area contributed by atoms with Crippen molar-refractivity contribution in [2.45, 2.75) is 38.1 Å². The van der Waals surface area contributed by atoms with Gasteiger partial charge in [-0.05, 0) is 51.0 Å². The van der Waals surface area contributed by atoms with Crippen molar-refractivity contribution in [3.8, 4) is 11.1 Å². The molecule has 0 aliphatic heterocycles. The number of benzene rings is 2. The minimum atomic E-state index is -3.69. The number of sulfonamides is 1. The maximum absolute atomic E-state index is 13.8. The maximum Gasteiger partial charge on any atom is 0.241 e. The van der Waals surface area contributed by atoms with Crippen LogP contribution in [-0.4, -0.2) is 14.0 Å². The molecule has 0 saturated heterocycles. The molecule has 0 unspecified atom stereocenters. The van der Waals surface area contributed by atoms with Crippen LogP contribution in [0.3, 0.4) is 0 Å². The van der Waals surface area contributed by atoms with Crippen LogP contribution in [0.2, 0.25) is 0 Å². The van der Waals surface area contributed by atoms with E-state index in [9.17, 15) is 12.8 Å². The van der Waals surface area contributed by atoms with Crippen molar-refractivity contribution in [3.05, 3.63) is 53.8 Å². The molecular weight excluding hydrogens is 301 g/mol. The van der Waals surface area contributed by atoms with Crippen molar-refractivity contribution >= 4 is 10.0 Å². The average molecular weight is 321 g/mol. The van der Waals surface area contributed by atoms with Crippen LogP contribution in [0.1, 0.15) is 26.3 Å². The molecule has 0 fully saturated rings. The summed E-state index contributed by atoms with van der Waals surface area (Å²) in [5, 5.41) is 0. The maximum atomic E-state index is 13.8. The molecule has 1 N–H and O–H groups in total. The third-order valence-corrected chi connectivity index (χ3v) is 4.92. The van der Waals surface area contributed by atoms with Gasteiger partial charge in [-0.3, -0.25) is 0 Å². The van der Waals surface area contributed by atoms with Crippen molar-refractivity contribution in [1.29, 1.82) is 0 Å². The van der Waals surface area contributed by atoms with Crippen LogP contribution in [0.4, 0.5) is 4.39 Å². The molecule has 3 nitrogen and oxygen atoms in total. The highest BCUT2D eigenvalue weighted by atomic mass is 32.2. The highest BCUT2D eigenvalue weighted by Crippen LogP contribution is 2.29. The third kappa shape index (κ3) is 3.72. The average Bonchev–Trinajstić information content (AvgIpc) is 2.39. The quantitative estimate of drug-likeness (QED) is 0.932. The Morgan fingerprint density at radius 2 is 1.68 bits per heavy atom. The fraction of sp³-hybridized carbons (Fsp3) is 0.294. The standard InChI is InChI=1S/C17H20FNO2S/c1-12-9-10-13(11-15(12)18)14-7-5-6-8-16(14)22(20,21)19-17(2,3)4/h5-11,19H,1-4H3. The van der Waals surface area contributed by atoms with Crippen molar-refractivity contribution in [1.82, 2.24) is 4.72 Å². The number of hydrogen-bond acceptors (Lipinski definition) is 2. The van der Waals surface area contributed by atoms with Gasteiger partial charge in [0.15, 0.2) is 0 Å². The Kier molecular flexibility index (Phi) is 4.40. The molecule has 0 atom stereocenters. The van der Waals surface area contributed by atoms with Gasteiger partial charge in [0.25, 0.3) is 0 Å². The van der Waals surface area contributed by atoms with Crippen LogP contribution in [0.15, 0.2) is 47.4 Å². The first-order chi connectivity index (χ1) is 10.1. The van der Waals surface area contributed by atoms with E-state index in [0.29, 0.717) is 16.7 Å². The predicted molar refractivity (Wildman–Crippen MR) is 86.6 cm³/mol. The Hall–Kier alpha value is -1.72. The fourth-order valence-corrected chi connectivity index (χ4v) is 3.81. The molecule has 0 aliphatic carbocycles. The Morgan fingerprint density at radius 1 is 1.05 bits per heavy atom. The van der Waals surface area contributed by atoms with E-state index >= 15 is 0 Å². The predicted octanol–water partition coefficient (Wildman–Crippen LogP) is 3.88. The lowest BCUT2D eigenvalue weighted by Crippen LogP contribution is -2.40. The second kappa shape index (κ2) is 5.82. The van der Waals surface area contributed by atoms with Crippen LogP contribution in [0.5, 0.6) is 0 Å². The molecular formula is C17H20FNO2S. The van der Waals surface area contributed by atoms with E-state index in [1.54, 1.807) is 58.0 Å². The van der Waals surface area contributed by atoms with Gasteiger partial charge in [-0.25, -0.2) is 17.5 Å². The van der Waals surface area contributed by atoms with E-state index in [4.69, 9.17) is 0 Å². The first-order valence-corrected chi connectivity index (χ1v) is 8.48. The van der Waals surface area contributed by atoms with Gasteiger partial charge < -0.3 is 0 Å². The molecule has 22 heavy (non-hydrogen) atoms. The summed E-state index contributed by atoms with van der Waals surface area (Å²) in [6.45, 7) is 7.00. The zero-order valence-electron chi connectivity index (χ0n) is 13.1. The number of nitrogens with one attached hydrogen (secondary N) is 1. The van der Waals surface area contributed by atoms with E-state index in [0.717, 1.165) is 0 Å². The Labute approximate surface area is 131 Å². The molecule has 0 bridgehead atoms. The molecule has 2 rings (SSSR count). The summed E-state index contributed by atoms with van der Waals surface area (Å²) < 4.78 is 41.6. The zero-order chi connectivity index (χ0) is 16.5. The van der Waals surface area contributed by atoms with Crippen LogP contribution < -0.4 is 4.72 Å². The normalized spacial score (nSPS) is 12.4. The molecule has 0 amide bonds. The first-order valence-electron chi connectivity index (χ1n) is 7.00. The molecule has 0 radical (unpaired) electrons. The monoisotopic (exact) mass is 321 g/mol. The van der Waals surface area contributed by atoms with Gasteiger partial charge in [0.05, 0.1) is 4.90 Å². The van der Waals surface area contributed by atoms with Gasteiger partial charge in [0.1, 0.15) is 5.82 Å². The van der Waals surface area contributed by atoms with Crippen LogP contribution >= 0.6 is 0 Å². The van der Waals surface area contributed by atoms with Crippen molar-refractivity contribution in [3.63, 3.8) is 0 Å². The number of rotatable bonds is 3. The van der Waals surface area contributed by atoms with Crippen LogP contribution in [0.25, 0.3) is 11.1 Å². The Balaban J connectivity index is 2.58. The van der Waals surface area contributed by atoms with Gasteiger partial charge in [-0.2, -0.15) is 0 Å². The molecule has 0 aromatic heterocycles. The van der Waals surface area contributed by atoms with E-state index < -0.39 is 15.6 Å². The summed E-state index contributed by atoms with van der Waals surface area (Å²) in [4.78, 5) is 0.146. The molecule has 2 aromatic carbocycles. The topological polar surface area (TPSA) is 46.2 Å². The largest absolute Gasteiger partial charge is 0.241 e. The second-order valence-corrected chi connectivity index (χ2v) is 7.97. The lowest BCUT2D eigenvalue weighted by atomic mass is 10.0. The molecule has 0 spiro atoms. The molecule has 5 heteroatoms. The van der Waals surface area contributed by atoms with Crippen molar-refractivity contribution < 1.29 is 12.8 Å². The molecule has 0 saturated carbocycles. The minimum Gasteiger partial charge on any atom is -0.207 e. The van der Waals surface area contributed by atoms with Gasteiger partial charge >= 0.3 is 0 Å². The third-order valence-electron chi connectivity index (χ3n) is 3.10. The van der Waals surface area contributed by atoms with E-state index in [1.807, 2.05) is 0 Å². The summed E-state index contributed by atoms with van der Waals surface area (Å²) in [7, 11) is -3.69. The van der Waals surface area contributed by atoms with Gasteiger partial charge in [0, 0.05) is 11.1 Å². The highest BCUT2D eigenvalue weighted by molar-refractivity contribution is 7.89. The lowest BCUT2D eigenvalue weighted by molar-refractivity contribution is 0.491. The fourth-order valence-electron chi connectivity index (χ4n) is 2.16. The number of hydrogen-bond donors (Lipinski definition) is 1. The van der Waals surface area contributed by atoms with Gasteiger partial charge in [0.2, 0.25) is 10.0 Å². The summed E-state index contributed by atoms with van der Waals surface area (Å²) >= 11 is 0. The van der Waals surface area contributed by atoms with Gasteiger partial charge in [-0.1, -0.05) is 30.3 Å². The van der Waals surface area contributed by atoms with E-state index in [1.165, 1.54) is 12.1 Å². The zero-order valence-corrected chi connectivity index (χ0v) is 14.0. The van der Waals surface area contributed by atoms with E-state index in [2.05, 4.69) is 4.72 Å². The lowest BCUT2D eigenvalue weighted by Gasteiger charge is -2.21. The van der Waals surface area contributed by atoms with Crippen molar-refractivity contribution in [2.75, 3.05) is 0 Å². The number of aryl methyl sites for hydroxylation is 1. The molecule has 0 heterocycles. The molecule has 118 valence electrons. The summed E-state index contributed by atoms with van der Waals surface area (Å²) in [6.07, 6.45) is 0. The summed E-state index contributed by atoms with van der Waals surface area (Å²) in [5.41, 5.74) is 0.956. The SMILES string of the molecule is Cc1ccc(-c2ccccc2S(=O)(=O)NC(C)(C)C)cc1F. The number of halogens is 1. The molecule has 0 aliphatic rings. The highest BCUT2D eigenvalue weighted by Gasteiger charge is 2.24. The van der Waals surface area contributed by atoms with Crippen molar-refractivity contribution in [2.24, 2.45) is 0 Å². The smallest absolute Gasteiger partial charge is 0.207 e. The molecule has 2 aromatic rings. The minimum absolute atomic E-state index is 0.146. The first kappa shape index (κ1) is 16.6. The summed E-state index contributed by atoms with van der Waals surface area (Å²) in [5.74, 6) is -0.353. The van der Waals surface area contributed by atoms with E-state index in [-0.39, 0.29) is 10.7 Å². The Morgan fingerprint density at radius 3 is 2.27 bits per heavy atom.